The second kappa shape index (κ2) is 6.21. The maximum absolute atomic E-state index is 13.6. The van der Waals surface area contributed by atoms with E-state index in [9.17, 15) is 4.39 Å². The number of allylic oxidation sites excluding steroid dienone is 1. The van der Waals surface area contributed by atoms with E-state index < -0.39 is 5.82 Å². The third-order valence-corrected chi connectivity index (χ3v) is 4.89. The number of ether oxygens (including phenoxy) is 2. The summed E-state index contributed by atoms with van der Waals surface area (Å²) in [6, 6.07) is 6.56. The third-order valence-electron chi connectivity index (χ3n) is 4.60. The Labute approximate surface area is 155 Å². The number of anilines is 2. The normalized spacial score (nSPS) is 17.3. The summed E-state index contributed by atoms with van der Waals surface area (Å²) < 4.78 is 24.7. The molecule has 2 aromatic carbocycles. The Bertz CT molecular complexity index is 958. The van der Waals surface area contributed by atoms with Crippen LogP contribution in [-0.4, -0.2) is 20.6 Å². The SMILES string of the molecule is COc1cc2c3c(c1OC)C=C(C)N(c1ccc(F)c(Cl)c1)C3N=CN2. The van der Waals surface area contributed by atoms with E-state index in [2.05, 4.69) is 10.3 Å². The van der Waals surface area contributed by atoms with Crippen LogP contribution < -0.4 is 19.7 Å². The molecule has 1 N–H and O–H groups in total. The van der Waals surface area contributed by atoms with Gasteiger partial charge in [-0.2, -0.15) is 0 Å². The topological polar surface area (TPSA) is 46.1 Å². The number of benzene rings is 2. The average molecular weight is 374 g/mol. The Morgan fingerprint density at radius 1 is 1.23 bits per heavy atom. The van der Waals surface area contributed by atoms with Crippen molar-refractivity contribution in [1.29, 1.82) is 0 Å². The van der Waals surface area contributed by atoms with Crippen molar-refractivity contribution in [3.8, 4) is 11.5 Å². The number of aliphatic imine (C=N–C) groups is 1. The number of nitrogens with one attached hydrogen (secondary N) is 1. The molecule has 2 heterocycles. The number of hydrogen-bond donors (Lipinski definition) is 1. The molecule has 1 atom stereocenters. The van der Waals surface area contributed by atoms with Crippen LogP contribution in [0.1, 0.15) is 24.2 Å². The first-order chi connectivity index (χ1) is 12.5. The van der Waals surface area contributed by atoms with E-state index >= 15 is 0 Å². The van der Waals surface area contributed by atoms with Gasteiger partial charge in [-0.25, -0.2) is 9.38 Å². The van der Waals surface area contributed by atoms with Crippen molar-refractivity contribution in [2.45, 2.75) is 13.1 Å². The molecule has 2 aliphatic heterocycles. The second-order valence-corrected chi connectivity index (χ2v) is 6.44. The van der Waals surface area contributed by atoms with Crippen molar-refractivity contribution in [1.82, 2.24) is 0 Å². The van der Waals surface area contributed by atoms with Crippen LogP contribution in [0, 0.1) is 5.82 Å². The molecule has 0 saturated carbocycles. The third kappa shape index (κ3) is 2.41. The van der Waals surface area contributed by atoms with Crippen molar-refractivity contribution in [2.75, 3.05) is 24.4 Å². The Hall–Kier alpha value is -2.73. The van der Waals surface area contributed by atoms with Crippen LogP contribution in [0.3, 0.4) is 0 Å². The van der Waals surface area contributed by atoms with Gasteiger partial charge in [0.1, 0.15) is 5.82 Å². The van der Waals surface area contributed by atoms with E-state index in [0.717, 1.165) is 28.2 Å². The highest BCUT2D eigenvalue weighted by atomic mass is 35.5. The van der Waals surface area contributed by atoms with Crippen LogP contribution in [0.5, 0.6) is 11.5 Å². The molecule has 7 heteroatoms. The van der Waals surface area contributed by atoms with Crippen molar-refractivity contribution in [2.24, 2.45) is 4.99 Å². The van der Waals surface area contributed by atoms with E-state index in [4.69, 9.17) is 21.1 Å². The van der Waals surface area contributed by atoms with Gasteiger partial charge in [0.15, 0.2) is 17.7 Å². The summed E-state index contributed by atoms with van der Waals surface area (Å²) in [4.78, 5) is 6.62. The van der Waals surface area contributed by atoms with E-state index in [0.29, 0.717) is 11.5 Å². The molecular formula is C19H17ClFN3O2. The molecule has 5 nitrogen and oxygen atoms in total. The molecule has 0 aliphatic carbocycles. The Morgan fingerprint density at radius 2 is 2.04 bits per heavy atom. The molecule has 2 aliphatic rings. The molecule has 4 rings (SSSR count). The Morgan fingerprint density at radius 3 is 2.73 bits per heavy atom. The van der Waals surface area contributed by atoms with Crippen molar-refractivity contribution >= 4 is 35.4 Å². The van der Waals surface area contributed by atoms with Crippen LogP contribution in [0.2, 0.25) is 5.02 Å². The van der Waals surface area contributed by atoms with Gasteiger partial charge in [0.05, 0.1) is 31.3 Å². The zero-order valence-corrected chi connectivity index (χ0v) is 15.3. The minimum absolute atomic E-state index is 0.0755. The number of nitrogens with zero attached hydrogens (tertiary/aromatic N) is 2. The average Bonchev–Trinajstić information content (AvgIpc) is 2.64. The first kappa shape index (κ1) is 16.7. The lowest BCUT2D eigenvalue weighted by Crippen LogP contribution is -2.32. The molecule has 0 aromatic heterocycles. The minimum Gasteiger partial charge on any atom is -0.493 e. The van der Waals surface area contributed by atoms with Gasteiger partial charge in [0, 0.05) is 28.6 Å². The Balaban J connectivity index is 1.94. The molecule has 26 heavy (non-hydrogen) atoms. The van der Waals surface area contributed by atoms with Gasteiger partial charge in [0.25, 0.3) is 0 Å². The molecule has 2 aromatic rings. The molecule has 0 radical (unpaired) electrons. The van der Waals surface area contributed by atoms with E-state index in [-0.39, 0.29) is 11.2 Å². The minimum atomic E-state index is -0.449. The van der Waals surface area contributed by atoms with Gasteiger partial charge in [0.2, 0.25) is 0 Å². The van der Waals surface area contributed by atoms with Gasteiger partial charge in [-0.05, 0) is 31.2 Å². The number of rotatable bonds is 3. The summed E-state index contributed by atoms with van der Waals surface area (Å²) in [7, 11) is 3.22. The lowest BCUT2D eigenvalue weighted by Gasteiger charge is -2.39. The maximum Gasteiger partial charge on any atom is 0.168 e. The first-order valence-electron chi connectivity index (χ1n) is 8.04. The highest BCUT2D eigenvalue weighted by Crippen LogP contribution is 2.49. The van der Waals surface area contributed by atoms with Crippen LogP contribution in [0.15, 0.2) is 35.0 Å². The standard InChI is InChI=1S/C19H17ClFN3O2/c1-10-6-12-17-15(8-16(25-2)18(12)26-3)22-9-23-19(17)24(10)11-4-5-14(21)13(20)7-11/h4-9,19H,1-3H3,(H,22,23). The van der Waals surface area contributed by atoms with Gasteiger partial charge in [-0.3, -0.25) is 0 Å². The molecule has 134 valence electrons. The number of halogens is 2. The predicted octanol–water partition coefficient (Wildman–Crippen LogP) is 4.83. The largest absolute Gasteiger partial charge is 0.493 e. The smallest absolute Gasteiger partial charge is 0.168 e. The van der Waals surface area contributed by atoms with E-state index in [1.165, 1.54) is 6.07 Å². The Kier molecular flexibility index (Phi) is 4.00. The molecular weight excluding hydrogens is 357 g/mol. The van der Waals surface area contributed by atoms with Crippen molar-refractivity contribution < 1.29 is 13.9 Å². The lowest BCUT2D eigenvalue weighted by molar-refractivity contribution is 0.353. The molecule has 0 fully saturated rings. The summed E-state index contributed by atoms with van der Waals surface area (Å²) in [6.07, 6.45) is 3.35. The fraction of sp³-hybridized carbons (Fsp3) is 0.211. The molecule has 0 amide bonds. The predicted molar refractivity (Wildman–Crippen MR) is 102 cm³/mol. The van der Waals surface area contributed by atoms with E-state index in [1.54, 1.807) is 32.7 Å². The van der Waals surface area contributed by atoms with E-state index in [1.807, 2.05) is 24.0 Å². The summed E-state index contributed by atoms with van der Waals surface area (Å²) >= 11 is 6.00. The summed E-state index contributed by atoms with van der Waals surface area (Å²) in [5.74, 6) is 0.854. The fourth-order valence-electron chi connectivity index (χ4n) is 3.48. The highest BCUT2D eigenvalue weighted by Gasteiger charge is 2.34. The monoisotopic (exact) mass is 373 g/mol. The van der Waals surface area contributed by atoms with Crippen molar-refractivity contribution in [3.05, 3.63) is 51.9 Å². The van der Waals surface area contributed by atoms with Crippen LogP contribution in [0.25, 0.3) is 6.08 Å². The zero-order chi connectivity index (χ0) is 18.4. The first-order valence-corrected chi connectivity index (χ1v) is 8.42. The number of hydrogen-bond acceptors (Lipinski definition) is 5. The highest BCUT2D eigenvalue weighted by molar-refractivity contribution is 6.31. The van der Waals surface area contributed by atoms with Gasteiger partial charge < -0.3 is 19.7 Å². The van der Waals surface area contributed by atoms with Gasteiger partial charge in [-0.15, -0.1) is 0 Å². The fourth-order valence-corrected chi connectivity index (χ4v) is 3.65. The second-order valence-electron chi connectivity index (χ2n) is 6.04. The molecule has 0 spiro atoms. The maximum atomic E-state index is 13.6. The van der Waals surface area contributed by atoms with Gasteiger partial charge >= 0.3 is 0 Å². The quantitative estimate of drug-likeness (QED) is 0.837. The number of methoxy groups -OCH3 is 2. The summed E-state index contributed by atoms with van der Waals surface area (Å²) in [5.41, 5.74) is 4.47. The van der Waals surface area contributed by atoms with Crippen LogP contribution >= 0.6 is 11.6 Å². The molecule has 0 saturated heterocycles. The molecule has 0 bridgehead atoms. The van der Waals surface area contributed by atoms with Crippen LogP contribution in [-0.2, 0) is 0 Å². The molecule has 1 unspecified atom stereocenters. The lowest BCUT2D eigenvalue weighted by atomic mass is 9.94. The van der Waals surface area contributed by atoms with Gasteiger partial charge in [-0.1, -0.05) is 11.6 Å². The summed E-state index contributed by atoms with van der Waals surface area (Å²) in [5, 5.41) is 3.24. The van der Waals surface area contributed by atoms with Crippen molar-refractivity contribution in [3.63, 3.8) is 0 Å². The summed E-state index contributed by atoms with van der Waals surface area (Å²) in [6.45, 7) is 1.97. The zero-order valence-electron chi connectivity index (χ0n) is 14.5. The van der Waals surface area contributed by atoms with Crippen LogP contribution in [0.4, 0.5) is 15.8 Å².